The number of halogens is 2. The molecule has 0 heterocycles. The first kappa shape index (κ1) is 23.8. The van der Waals surface area contributed by atoms with Gasteiger partial charge in [-0.25, -0.2) is 0 Å². The van der Waals surface area contributed by atoms with Crippen molar-refractivity contribution in [2.75, 3.05) is 26.9 Å². The van der Waals surface area contributed by atoms with Crippen LogP contribution in [0.2, 0.25) is 0 Å². The number of rotatable bonds is 11. The summed E-state index contributed by atoms with van der Waals surface area (Å²) in [5.74, 6) is 1.51. The van der Waals surface area contributed by atoms with Gasteiger partial charge in [0.2, 0.25) is 0 Å². The Labute approximate surface area is 177 Å². The standard InChI is InChI=1S/C21H28BrNO3.ClH/c1-4-25-20-13-18(14-23-10-5-11-24-3)12-19(22)21(20)26-15-17-8-6-16(2)7-9-17;/h6-9,12-13,23H,4-5,10-11,14-15H2,1-3H3;1H. The van der Waals surface area contributed by atoms with Gasteiger partial charge in [0.25, 0.3) is 0 Å². The smallest absolute Gasteiger partial charge is 0.175 e. The second-order valence-electron chi connectivity index (χ2n) is 6.14. The number of hydrogen-bond acceptors (Lipinski definition) is 4. The normalized spacial score (nSPS) is 10.4. The van der Waals surface area contributed by atoms with E-state index < -0.39 is 0 Å². The van der Waals surface area contributed by atoms with Crippen LogP contribution in [-0.4, -0.2) is 26.9 Å². The average molecular weight is 459 g/mol. The average Bonchev–Trinajstić information content (AvgIpc) is 2.62. The van der Waals surface area contributed by atoms with Gasteiger partial charge in [-0.05, 0) is 66.0 Å². The maximum atomic E-state index is 6.05. The van der Waals surface area contributed by atoms with Gasteiger partial charge in [-0.15, -0.1) is 12.4 Å². The number of methoxy groups -OCH3 is 1. The molecule has 0 aromatic heterocycles. The van der Waals surface area contributed by atoms with E-state index in [2.05, 4.69) is 58.5 Å². The Morgan fingerprint density at radius 2 is 1.78 bits per heavy atom. The van der Waals surface area contributed by atoms with Crippen LogP contribution in [0.15, 0.2) is 40.9 Å². The SMILES string of the molecule is CCOc1cc(CNCCCOC)cc(Br)c1OCc1ccc(C)cc1.Cl. The summed E-state index contributed by atoms with van der Waals surface area (Å²) in [6.07, 6.45) is 0.994. The van der Waals surface area contributed by atoms with E-state index >= 15 is 0 Å². The Morgan fingerprint density at radius 1 is 1.04 bits per heavy atom. The van der Waals surface area contributed by atoms with Crippen LogP contribution in [0.5, 0.6) is 11.5 Å². The van der Waals surface area contributed by atoms with Crippen molar-refractivity contribution >= 4 is 28.3 Å². The second kappa shape index (κ2) is 13.0. The zero-order valence-electron chi connectivity index (χ0n) is 16.2. The number of nitrogens with one attached hydrogen (secondary N) is 1. The summed E-state index contributed by atoms with van der Waals surface area (Å²) in [5, 5.41) is 3.42. The van der Waals surface area contributed by atoms with Crippen LogP contribution >= 0.6 is 28.3 Å². The van der Waals surface area contributed by atoms with Crippen molar-refractivity contribution in [2.24, 2.45) is 0 Å². The summed E-state index contributed by atoms with van der Waals surface area (Å²) in [5.41, 5.74) is 3.53. The zero-order valence-corrected chi connectivity index (χ0v) is 18.6. The van der Waals surface area contributed by atoms with E-state index in [9.17, 15) is 0 Å². The monoisotopic (exact) mass is 457 g/mol. The lowest BCUT2D eigenvalue weighted by Gasteiger charge is -2.16. The molecule has 0 aliphatic carbocycles. The van der Waals surface area contributed by atoms with Gasteiger partial charge in [0.05, 0.1) is 11.1 Å². The summed E-state index contributed by atoms with van der Waals surface area (Å²) >= 11 is 3.63. The van der Waals surface area contributed by atoms with Crippen molar-refractivity contribution < 1.29 is 14.2 Å². The third-order valence-electron chi connectivity index (χ3n) is 3.90. The molecule has 0 amide bonds. The van der Waals surface area contributed by atoms with Crippen LogP contribution in [0.25, 0.3) is 0 Å². The molecule has 27 heavy (non-hydrogen) atoms. The van der Waals surface area contributed by atoms with Crippen molar-refractivity contribution in [1.82, 2.24) is 5.32 Å². The molecule has 0 radical (unpaired) electrons. The molecule has 0 fully saturated rings. The molecule has 2 aromatic rings. The van der Waals surface area contributed by atoms with Crippen LogP contribution in [0.1, 0.15) is 30.0 Å². The number of benzene rings is 2. The first-order chi connectivity index (χ1) is 12.6. The van der Waals surface area contributed by atoms with Crippen molar-refractivity contribution in [3.8, 4) is 11.5 Å². The lowest BCUT2D eigenvalue weighted by molar-refractivity contribution is 0.194. The van der Waals surface area contributed by atoms with E-state index in [4.69, 9.17) is 14.2 Å². The predicted molar refractivity (Wildman–Crippen MR) is 116 cm³/mol. The summed E-state index contributed by atoms with van der Waals surface area (Å²) in [6.45, 7) is 7.63. The minimum atomic E-state index is 0. The molecule has 0 spiro atoms. The molecular weight excluding hydrogens is 430 g/mol. The van der Waals surface area contributed by atoms with Crippen molar-refractivity contribution in [2.45, 2.75) is 33.4 Å². The highest BCUT2D eigenvalue weighted by molar-refractivity contribution is 9.10. The molecule has 0 aliphatic rings. The Balaban J connectivity index is 0.00000364. The topological polar surface area (TPSA) is 39.7 Å². The van der Waals surface area contributed by atoms with Crippen LogP contribution in [0.4, 0.5) is 0 Å². The lowest BCUT2D eigenvalue weighted by Crippen LogP contribution is -2.16. The van der Waals surface area contributed by atoms with Crippen molar-refractivity contribution in [3.05, 3.63) is 57.6 Å². The first-order valence-electron chi connectivity index (χ1n) is 8.97. The highest BCUT2D eigenvalue weighted by Gasteiger charge is 2.12. The fourth-order valence-corrected chi connectivity index (χ4v) is 3.14. The van der Waals surface area contributed by atoms with Crippen molar-refractivity contribution in [1.29, 1.82) is 0 Å². The van der Waals surface area contributed by atoms with Crippen LogP contribution in [0.3, 0.4) is 0 Å². The van der Waals surface area contributed by atoms with E-state index in [1.807, 2.05) is 13.0 Å². The van der Waals surface area contributed by atoms with E-state index in [0.717, 1.165) is 53.2 Å². The maximum Gasteiger partial charge on any atom is 0.175 e. The Morgan fingerprint density at radius 3 is 2.44 bits per heavy atom. The summed E-state index contributed by atoms with van der Waals surface area (Å²) in [4.78, 5) is 0. The minimum Gasteiger partial charge on any atom is -0.490 e. The van der Waals surface area contributed by atoms with Crippen LogP contribution in [-0.2, 0) is 17.9 Å². The third kappa shape index (κ3) is 8.09. The molecule has 0 saturated heterocycles. The Hall–Kier alpha value is -1.27. The maximum absolute atomic E-state index is 6.05. The summed E-state index contributed by atoms with van der Waals surface area (Å²) < 4.78 is 17.8. The van der Waals surface area contributed by atoms with Gasteiger partial charge in [-0.2, -0.15) is 0 Å². The minimum absolute atomic E-state index is 0. The molecule has 150 valence electrons. The first-order valence-corrected chi connectivity index (χ1v) is 9.76. The third-order valence-corrected chi connectivity index (χ3v) is 4.49. The predicted octanol–water partition coefficient (Wildman–Crippen LogP) is 5.28. The number of ether oxygens (including phenoxy) is 3. The quantitative estimate of drug-likeness (QED) is 0.465. The van der Waals surface area contributed by atoms with Gasteiger partial charge in [-0.3, -0.25) is 0 Å². The summed E-state index contributed by atoms with van der Waals surface area (Å²) in [7, 11) is 1.72. The molecule has 6 heteroatoms. The number of aryl methyl sites for hydroxylation is 1. The molecule has 0 unspecified atom stereocenters. The molecule has 2 rings (SSSR count). The van der Waals surface area contributed by atoms with Gasteiger partial charge in [0, 0.05) is 20.3 Å². The fraction of sp³-hybridized carbons (Fsp3) is 0.429. The molecule has 0 atom stereocenters. The molecule has 4 nitrogen and oxygen atoms in total. The summed E-state index contributed by atoms with van der Waals surface area (Å²) in [6, 6.07) is 12.5. The van der Waals surface area contributed by atoms with Crippen LogP contribution in [0, 0.1) is 6.92 Å². The molecule has 0 bridgehead atoms. The number of hydrogen-bond donors (Lipinski definition) is 1. The van der Waals surface area contributed by atoms with E-state index in [1.165, 1.54) is 5.56 Å². The lowest BCUT2D eigenvalue weighted by atomic mass is 10.1. The highest BCUT2D eigenvalue weighted by Crippen LogP contribution is 2.37. The van der Waals surface area contributed by atoms with Crippen molar-refractivity contribution in [3.63, 3.8) is 0 Å². The fourth-order valence-electron chi connectivity index (χ4n) is 2.54. The van der Waals surface area contributed by atoms with E-state index in [0.29, 0.717) is 13.2 Å². The van der Waals surface area contributed by atoms with Gasteiger partial charge >= 0.3 is 0 Å². The Bertz CT molecular complexity index is 680. The van der Waals surface area contributed by atoms with E-state index in [1.54, 1.807) is 7.11 Å². The van der Waals surface area contributed by atoms with Crippen LogP contribution < -0.4 is 14.8 Å². The molecule has 0 aliphatic heterocycles. The molecule has 2 aromatic carbocycles. The molecule has 0 saturated carbocycles. The van der Waals surface area contributed by atoms with Gasteiger partial charge in [0.15, 0.2) is 11.5 Å². The Kier molecular flexibility index (Phi) is 11.4. The van der Waals surface area contributed by atoms with E-state index in [-0.39, 0.29) is 12.4 Å². The van der Waals surface area contributed by atoms with Gasteiger partial charge < -0.3 is 19.5 Å². The molecule has 1 N–H and O–H groups in total. The highest BCUT2D eigenvalue weighted by atomic mass is 79.9. The van der Waals surface area contributed by atoms with Gasteiger partial charge in [0.1, 0.15) is 6.61 Å². The molecular formula is C21H29BrClNO3. The second-order valence-corrected chi connectivity index (χ2v) is 6.99. The zero-order chi connectivity index (χ0) is 18.8. The largest absolute Gasteiger partial charge is 0.490 e. The van der Waals surface area contributed by atoms with Gasteiger partial charge in [-0.1, -0.05) is 29.8 Å².